The van der Waals surface area contributed by atoms with E-state index in [0.717, 1.165) is 16.3 Å². The fraction of sp³-hybridized carbons (Fsp3) is 0.333. The molecular formula is C15H18N2OS. The molecule has 100 valence electrons. The standard InChI is InChI=1S/C15H18N2OS/c1-10-16-9-13(19-10)14(18)17-12-8-6-5-7-11(12)15(2,3)4/h5-9H,1-4H3,(H,17,18). The normalized spacial score (nSPS) is 11.4. The van der Waals surface area contributed by atoms with Gasteiger partial charge >= 0.3 is 0 Å². The van der Waals surface area contributed by atoms with Crippen LogP contribution in [0.3, 0.4) is 0 Å². The minimum absolute atomic E-state index is 0.00646. The van der Waals surface area contributed by atoms with E-state index in [-0.39, 0.29) is 11.3 Å². The van der Waals surface area contributed by atoms with Gasteiger partial charge in [-0.1, -0.05) is 39.0 Å². The Morgan fingerprint density at radius 3 is 2.53 bits per heavy atom. The van der Waals surface area contributed by atoms with Crippen LogP contribution in [-0.2, 0) is 5.41 Å². The van der Waals surface area contributed by atoms with E-state index in [1.165, 1.54) is 11.3 Å². The summed E-state index contributed by atoms with van der Waals surface area (Å²) in [5.74, 6) is -0.0951. The highest BCUT2D eigenvalue weighted by molar-refractivity contribution is 7.13. The van der Waals surface area contributed by atoms with Crippen LogP contribution in [0, 0.1) is 6.92 Å². The van der Waals surface area contributed by atoms with Crippen LogP contribution in [0.1, 0.15) is 41.0 Å². The summed E-state index contributed by atoms with van der Waals surface area (Å²) in [7, 11) is 0. The van der Waals surface area contributed by atoms with Crippen molar-refractivity contribution in [2.45, 2.75) is 33.1 Å². The SMILES string of the molecule is Cc1ncc(C(=O)Nc2ccccc2C(C)(C)C)s1. The smallest absolute Gasteiger partial charge is 0.267 e. The van der Waals surface area contributed by atoms with Crippen molar-refractivity contribution >= 4 is 22.9 Å². The van der Waals surface area contributed by atoms with Crippen molar-refractivity contribution in [3.05, 3.63) is 45.9 Å². The van der Waals surface area contributed by atoms with Gasteiger partial charge in [0.05, 0.1) is 11.2 Å². The number of benzene rings is 1. The Labute approximate surface area is 117 Å². The van der Waals surface area contributed by atoms with Gasteiger partial charge in [-0.3, -0.25) is 4.79 Å². The summed E-state index contributed by atoms with van der Waals surface area (Å²) in [5, 5.41) is 3.88. The van der Waals surface area contributed by atoms with E-state index in [1.807, 2.05) is 31.2 Å². The summed E-state index contributed by atoms with van der Waals surface area (Å²) in [6.45, 7) is 8.29. The lowest BCUT2D eigenvalue weighted by molar-refractivity contribution is 0.103. The second-order valence-electron chi connectivity index (χ2n) is 5.49. The number of rotatable bonds is 2. The van der Waals surface area contributed by atoms with Gasteiger partial charge in [0, 0.05) is 5.69 Å². The topological polar surface area (TPSA) is 42.0 Å². The number of carbonyl (C=O) groups excluding carboxylic acids is 1. The molecule has 0 fully saturated rings. The highest BCUT2D eigenvalue weighted by Gasteiger charge is 2.19. The molecule has 2 aromatic rings. The largest absolute Gasteiger partial charge is 0.321 e. The van der Waals surface area contributed by atoms with Gasteiger partial charge in [-0.25, -0.2) is 4.98 Å². The first-order valence-electron chi connectivity index (χ1n) is 6.21. The summed E-state index contributed by atoms with van der Waals surface area (Å²) in [4.78, 5) is 16.9. The maximum Gasteiger partial charge on any atom is 0.267 e. The van der Waals surface area contributed by atoms with E-state index in [4.69, 9.17) is 0 Å². The molecule has 2 rings (SSSR count). The summed E-state index contributed by atoms with van der Waals surface area (Å²) in [5.41, 5.74) is 1.99. The number of nitrogens with one attached hydrogen (secondary N) is 1. The lowest BCUT2D eigenvalue weighted by atomic mass is 9.86. The molecule has 0 aliphatic carbocycles. The van der Waals surface area contributed by atoms with Crippen LogP contribution in [0.4, 0.5) is 5.69 Å². The Balaban J connectivity index is 2.27. The second kappa shape index (κ2) is 5.13. The Kier molecular flexibility index (Phi) is 3.71. The molecule has 19 heavy (non-hydrogen) atoms. The molecular weight excluding hydrogens is 256 g/mol. The molecule has 1 aromatic carbocycles. The van der Waals surface area contributed by atoms with E-state index in [0.29, 0.717) is 4.88 Å². The summed E-state index contributed by atoms with van der Waals surface area (Å²) in [6, 6.07) is 7.91. The van der Waals surface area contributed by atoms with Crippen LogP contribution >= 0.6 is 11.3 Å². The van der Waals surface area contributed by atoms with Crippen molar-refractivity contribution in [3.8, 4) is 0 Å². The van der Waals surface area contributed by atoms with Crippen molar-refractivity contribution in [1.82, 2.24) is 4.98 Å². The maximum absolute atomic E-state index is 12.2. The van der Waals surface area contributed by atoms with Gasteiger partial charge in [0.15, 0.2) is 0 Å². The first kappa shape index (κ1) is 13.7. The molecule has 0 bridgehead atoms. The molecule has 0 aliphatic heterocycles. The molecule has 1 heterocycles. The van der Waals surface area contributed by atoms with Gasteiger partial charge in [-0.2, -0.15) is 0 Å². The molecule has 0 saturated heterocycles. The quantitative estimate of drug-likeness (QED) is 0.899. The number of carbonyl (C=O) groups is 1. The van der Waals surface area contributed by atoms with Crippen LogP contribution < -0.4 is 5.32 Å². The van der Waals surface area contributed by atoms with Crippen molar-refractivity contribution in [2.24, 2.45) is 0 Å². The highest BCUT2D eigenvalue weighted by Crippen LogP contribution is 2.29. The third kappa shape index (κ3) is 3.20. The number of aromatic nitrogens is 1. The van der Waals surface area contributed by atoms with E-state index in [2.05, 4.69) is 31.1 Å². The van der Waals surface area contributed by atoms with E-state index < -0.39 is 0 Å². The monoisotopic (exact) mass is 274 g/mol. The summed E-state index contributed by atoms with van der Waals surface area (Å²) in [6.07, 6.45) is 1.62. The number of thiazole rings is 1. The average Bonchev–Trinajstić information content (AvgIpc) is 2.75. The number of para-hydroxylation sites is 1. The van der Waals surface area contributed by atoms with Crippen molar-refractivity contribution in [2.75, 3.05) is 5.32 Å². The number of amides is 1. The molecule has 1 aromatic heterocycles. The number of aryl methyl sites for hydroxylation is 1. The highest BCUT2D eigenvalue weighted by atomic mass is 32.1. The van der Waals surface area contributed by atoms with Gasteiger partial charge in [-0.15, -0.1) is 11.3 Å². The molecule has 3 nitrogen and oxygen atoms in total. The third-order valence-electron chi connectivity index (χ3n) is 2.83. The van der Waals surface area contributed by atoms with E-state index in [1.54, 1.807) is 6.20 Å². The van der Waals surface area contributed by atoms with Crippen molar-refractivity contribution in [1.29, 1.82) is 0 Å². The number of anilines is 1. The molecule has 0 spiro atoms. The van der Waals surface area contributed by atoms with Crippen molar-refractivity contribution < 1.29 is 4.79 Å². The molecule has 0 radical (unpaired) electrons. The first-order valence-corrected chi connectivity index (χ1v) is 7.03. The zero-order valence-corrected chi connectivity index (χ0v) is 12.5. The third-order valence-corrected chi connectivity index (χ3v) is 3.74. The fourth-order valence-electron chi connectivity index (χ4n) is 1.90. The zero-order chi connectivity index (χ0) is 14.0. The predicted octanol–water partition coefficient (Wildman–Crippen LogP) is 4.00. The molecule has 0 atom stereocenters. The van der Waals surface area contributed by atoms with E-state index >= 15 is 0 Å². The molecule has 1 N–H and O–H groups in total. The number of nitrogens with zero attached hydrogens (tertiary/aromatic N) is 1. The van der Waals surface area contributed by atoms with Gasteiger partial charge < -0.3 is 5.32 Å². The van der Waals surface area contributed by atoms with Crippen LogP contribution in [0.15, 0.2) is 30.5 Å². The summed E-state index contributed by atoms with van der Waals surface area (Å²) < 4.78 is 0. The van der Waals surface area contributed by atoms with Crippen molar-refractivity contribution in [3.63, 3.8) is 0 Å². The number of hydrogen-bond donors (Lipinski definition) is 1. The lowest BCUT2D eigenvalue weighted by Crippen LogP contribution is -2.18. The van der Waals surface area contributed by atoms with Crippen LogP contribution in [0.25, 0.3) is 0 Å². The van der Waals surface area contributed by atoms with E-state index in [9.17, 15) is 4.79 Å². The molecule has 4 heteroatoms. The summed E-state index contributed by atoms with van der Waals surface area (Å²) >= 11 is 1.41. The minimum Gasteiger partial charge on any atom is -0.321 e. The van der Waals surface area contributed by atoms with Crippen LogP contribution in [0.5, 0.6) is 0 Å². The average molecular weight is 274 g/mol. The molecule has 0 saturated carbocycles. The second-order valence-corrected chi connectivity index (χ2v) is 6.73. The molecule has 1 amide bonds. The zero-order valence-electron chi connectivity index (χ0n) is 11.7. The first-order chi connectivity index (χ1) is 8.88. The lowest BCUT2D eigenvalue weighted by Gasteiger charge is -2.22. The van der Waals surface area contributed by atoms with Crippen LogP contribution in [-0.4, -0.2) is 10.9 Å². The molecule has 0 aliphatic rings. The molecule has 0 unspecified atom stereocenters. The Morgan fingerprint density at radius 2 is 1.95 bits per heavy atom. The van der Waals surface area contributed by atoms with Gasteiger partial charge in [0.2, 0.25) is 0 Å². The Morgan fingerprint density at radius 1 is 1.26 bits per heavy atom. The predicted molar refractivity (Wildman–Crippen MR) is 79.9 cm³/mol. The van der Waals surface area contributed by atoms with Crippen LogP contribution in [0.2, 0.25) is 0 Å². The Hall–Kier alpha value is -1.68. The fourth-order valence-corrected chi connectivity index (χ4v) is 2.57. The van der Waals surface area contributed by atoms with Gasteiger partial charge in [0.25, 0.3) is 5.91 Å². The number of hydrogen-bond acceptors (Lipinski definition) is 3. The van der Waals surface area contributed by atoms with Gasteiger partial charge in [0.1, 0.15) is 4.88 Å². The minimum atomic E-state index is -0.0951. The maximum atomic E-state index is 12.2. The Bertz CT molecular complexity index is 596. The van der Waals surface area contributed by atoms with Gasteiger partial charge in [-0.05, 0) is 24.0 Å².